The molecule has 0 amide bonds. The minimum absolute atomic E-state index is 0.501. The van der Waals surface area contributed by atoms with Crippen LogP contribution in [0.2, 0.25) is 5.02 Å². The van der Waals surface area contributed by atoms with Gasteiger partial charge in [0.2, 0.25) is 0 Å². The monoisotopic (exact) mass is 294 g/mol. The van der Waals surface area contributed by atoms with E-state index in [1.807, 2.05) is 0 Å². The molecule has 1 aliphatic heterocycles. The molecule has 3 heteroatoms. The molecular weight excluding hydrogens is 268 g/mol. The maximum atomic E-state index is 6.50. The number of nitrogens with zero attached hydrogens (tertiary/aromatic N) is 1. The van der Waals surface area contributed by atoms with Crippen LogP contribution in [0.5, 0.6) is 0 Å². The number of hydrogen-bond acceptors (Lipinski definition) is 2. The predicted octanol–water partition coefficient (Wildman–Crippen LogP) is 4.46. The second-order valence-electron chi connectivity index (χ2n) is 6.18. The minimum atomic E-state index is 0.501. The largest absolute Gasteiger partial charge is 0.370 e. The third kappa shape index (κ3) is 4.13. The molecule has 2 rings (SSSR count). The summed E-state index contributed by atoms with van der Waals surface area (Å²) in [5.74, 6) is 0.821. The molecule has 20 heavy (non-hydrogen) atoms. The van der Waals surface area contributed by atoms with E-state index in [1.54, 1.807) is 0 Å². The number of nitrogens with one attached hydrogen (secondary N) is 1. The van der Waals surface area contributed by atoms with E-state index < -0.39 is 0 Å². The molecular formula is C17H27ClN2. The third-order valence-corrected chi connectivity index (χ3v) is 4.47. The Morgan fingerprint density at radius 1 is 1.40 bits per heavy atom. The van der Waals surface area contributed by atoms with Crippen LogP contribution in [0, 0.1) is 5.92 Å². The Hall–Kier alpha value is -0.730. The van der Waals surface area contributed by atoms with Crippen molar-refractivity contribution in [2.45, 2.75) is 52.6 Å². The van der Waals surface area contributed by atoms with Crippen molar-refractivity contribution in [3.8, 4) is 0 Å². The molecule has 0 bridgehead atoms. The Balaban J connectivity index is 2.05. The molecule has 0 radical (unpaired) electrons. The van der Waals surface area contributed by atoms with Gasteiger partial charge in [0.15, 0.2) is 0 Å². The van der Waals surface area contributed by atoms with Gasteiger partial charge < -0.3 is 10.2 Å². The van der Waals surface area contributed by atoms with Crippen molar-refractivity contribution in [2.24, 2.45) is 5.92 Å². The third-order valence-electron chi connectivity index (χ3n) is 4.16. The van der Waals surface area contributed by atoms with E-state index in [4.69, 9.17) is 11.6 Å². The van der Waals surface area contributed by atoms with Gasteiger partial charge in [-0.3, -0.25) is 0 Å². The first-order valence-corrected chi connectivity index (χ1v) is 8.24. The van der Waals surface area contributed by atoms with Crippen molar-refractivity contribution in [1.29, 1.82) is 0 Å². The summed E-state index contributed by atoms with van der Waals surface area (Å²) in [4.78, 5) is 2.46. The molecule has 1 fully saturated rings. The van der Waals surface area contributed by atoms with Crippen LogP contribution in [0.3, 0.4) is 0 Å². The van der Waals surface area contributed by atoms with Crippen molar-refractivity contribution in [3.63, 3.8) is 0 Å². The first-order valence-electron chi connectivity index (χ1n) is 7.87. The Kier molecular flexibility index (Phi) is 5.74. The Bertz CT molecular complexity index is 431. The lowest BCUT2D eigenvalue weighted by atomic mass is 9.95. The summed E-state index contributed by atoms with van der Waals surface area (Å²) in [5, 5.41) is 4.33. The highest BCUT2D eigenvalue weighted by molar-refractivity contribution is 6.33. The van der Waals surface area contributed by atoms with E-state index in [9.17, 15) is 0 Å². The van der Waals surface area contributed by atoms with Gasteiger partial charge in [0.05, 0.1) is 10.7 Å². The molecule has 1 heterocycles. The van der Waals surface area contributed by atoms with E-state index in [-0.39, 0.29) is 0 Å². The van der Waals surface area contributed by atoms with Gasteiger partial charge in [-0.15, -0.1) is 0 Å². The fourth-order valence-electron chi connectivity index (χ4n) is 2.86. The quantitative estimate of drug-likeness (QED) is 0.862. The average Bonchev–Trinajstić information content (AvgIpc) is 2.45. The SMILES string of the molecule is CCC1CCCN(c2ccc(CNC(C)C)cc2Cl)C1. The van der Waals surface area contributed by atoms with Crippen LogP contribution in [-0.4, -0.2) is 19.1 Å². The van der Waals surface area contributed by atoms with Gasteiger partial charge in [0.1, 0.15) is 0 Å². The first-order chi connectivity index (χ1) is 9.60. The average molecular weight is 295 g/mol. The fourth-order valence-corrected chi connectivity index (χ4v) is 3.18. The van der Waals surface area contributed by atoms with Crippen LogP contribution in [0.25, 0.3) is 0 Å². The number of halogens is 1. The highest BCUT2D eigenvalue weighted by Crippen LogP contribution is 2.31. The van der Waals surface area contributed by atoms with Crippen LogP contribution < -0.4 is 10.2 Å². The van der Waals surface area contributed by atoms with Crippen molar-refractivity contribution >= 4 is 17.3 Å². The number of anilines is 1. The molecule has 1 N–H and O–H groups in total. The highest BCUT2D eigenvalue weighted by atomic mass is 35.5. The Labute approximate surface area is 128 Å². The normalized spacial score (nSPS) is 19.6. The first kappa shape index (κ1) is 15.7. The smallest absolute Gasteiger partial charge is 0.0642 e. The molecule has 112 valence electrons. The molecule has 1 saturated heterocycles. The molecule has 0 aliphatic carbocycles. The second-order valence-corrected chi connectivity index (χ2v) is 6.59. The van der Waals surface area contributed by atoms with Crippen molar-refractivity contribution in [2.75, 3.05) is 18.0 Å². The molecule has 1 aliphatic rings. The second kappa shape index (κ2) is 7.33. The number of hydrogen-bond donors (Lipinski definition) is 1. The molecule has 1 aromatic carbocycles. The van der Waals surface area contributed by atoms with Gasteiger partial charge in [-0.2, -0.15) is 0 Å². The van der Waals surface area contributed by atoms with E-state index in [1.165, 1.54) is 30.5 Å². The van der Waals surface area contributed by atoms with Crippen molar-refractivity contribution in [1.82, 2.24) is 5.32 Å². The summed E-state index contributed by atoms with van der Waals surface area (Å²) in [7, 11) is 0. The standard InChI is InChI=1S/C17H27ClN2/c1-4-14-6-5-9-20(12-14)17-8-7-15(10-16(17)18)11-19-13(2)3/h7-8,10,13-14,19H,4-6,9,11-12H2,1-3H3. The van der Waals surface area contributed by atoms with Crippen molar-refractivity contribution in [3.05, 3.63) is 28.8 Å². The zero-order valence-electron chi connectivity index (χ0n) is 13.0. The fraction of sp³-hybridized carbons (Fsp3) is 0.647. The van der Waals surface area contributed by atoms with Gasteiger partial charge >= 0.3 is 0 Å². The zero-order valence-corrected chi connectivity index (χ0v) is 13.7. The molecule has 1 unspecified atom stereocenters. The summed E-state index contributed by atoms with van der Waals surface area (Å²) in [6.07, 6.45) is 3.91. The van der Waals surface area contributed by atoms with Crippen LogP contribution in [0.15, 0.2) is 18.2 Å². The van der Waals surface area contributed by atoms with Crippen LogP contribution >= 0.6 is 11.6 Å². The molecule has 1 atom stereocenters. The van der Waals surface area contributed by atoms with Crippen molar-refractivity contribution < 1.29 is 0 Å². The van der Waals surface area contributed by atoms with E-state index >= 15 is 0 Å². The maximum Gasteiger partial charge on any atom is 0.0642 e. The number of benzene rings is 1. The molecule has 2 nitrogen and oxygen atoms in total. The van der Waals surface area contributed by atoms with E-state index in [0.29, 0.717) is 6.04 Å². The molecule has 0 saturated carbocycles. The molecule has 1 aromatic rings. The van der Waals surface area contributed by atoms with E-state index in [2.05, 4.69) is 49.2 Å². The Morgan fingerprint density at radius 3 is 2.85 bits per heavy atom. The lowest BCUT2D eigenvalue weighted by Crippen LogP contribution is -2.35. The topological polar surface area (TPSA) is 15.3 Å². The van der Waals surface area contributed by atoms with Gasteiger partial charge in [-0.1, -0.05) is 44.9 Å². The van der Waals surface area contributed by atoms with Gasteiger partial charge in [-0.05, 0) is 36.5 Å². The lowest BCUT2D eigenvalue weighted by molar-refractivity contribution is 0.405. The number of piperidine rings is 1. The predicted molar refractivity (Wildman–Crippen MR) is 88.7 cm³/mol. The van der Waals surface area contributed by atoms with Crippen LogP contribution in [0.1, 0.15) is 45.6 Å². The maximum absolute atomic E-state index is 6.50. The molecule has 0 spiro atoms. The zero-order chi connectivity index (χ0) is 14.5. The lowest BCUT2D eigenvalue weighted by Gasteiger charge is -2.34. The van der Waals surface area contributed by atoms with Gasteiger partial charge in [0.25, 0.3) is 0 Å². The van der Waals surface area contributed by atoms with Crippen LogP contribution in [0.4, 0.5) is 5.69 Å². The highest BCUT2D eigenvalue weighted by Gasteiger charge is 2.20. The minimum Gasteiger partial charge on any atom is -0.370 e. The Morgan fingerprint density at radius 2 is 2.20 bits per heavy atom. The van der Waals surface area contributed by atoms with E-state index in [0.717, 1.165) is 30.6 Å². The molecule has 0 aromatic heterocycles. The number of rotatable bonds is 5. The summed E-state index contributed by atoms with van der Waals surface area (Å²) in [6, 6.07) is 7.01. The summed E-state index contributed by atoms with van der Waals surface area (Å²) >= 11 is 6.50. The summed E-state index contributed by atoms with van der Waals surface area (Å²) in [5.41, 5.74) is 2.47. The summed E-state index contributed by atoms with van der Waals surface area (Å²) < 4.78 is 0. The van der Waals surface area contributed by atoms with Gasteiger partial charge in [-0.25, -0.2) is 0 Å². The summed E-state index contributed by atoms with van der Waals surface area (Å²) in [6.45, 7) is 9.79. The van der Waals surface area contributed by atoms with Gasteiger partial charge in [0, 0.05) is 25.7 Å². The van der Waals surface area contributed by atoms with Crippen LogP contribution in [-0.2, 0) is 6.54 Å².